The van der Waals surface area contributed by atoms with Crippen molar-refractivity contribution in [3.63, 3.8) is 0 Å². The number of phenolic OH excluding ortho intramolecular Hbond substituents is 2. The summed E-state index contributed by atoms with van der Waals surface area (Å²) in [7, 11) is 1.51. The number of hydrogen-bond donors (Lipinski definition) is 2. The topological polar surface area (TPSA) is 89.1 Å². The third-order valence-corrected chi connectivity index (χ3v) is 5.17. The van der Waals surface area contributed by atoms with Crippen LogP contribution in [-0.4, -0.2) is 23.4 Å². The Morgan fingerprint density at radius 3 is 2.64 bits per heavy atom. The van der Waals surface area contributed by atoms with Crippen LogP contribution in [0.3, 0.4) is 0 Å². The Kier molecular flexibility index (Phi) is 3.01. The molecule has 1 aromatic heterocycles. The molecule has 0 saturated heterocycles. The lowest BCUT2D eigenvalue weighted by Gasteiger charge is -2.23. The molecule has 0 fully saturated rings. The number of phenols is 2. The summed E-state index contributed by atoms with van der Waals surface area (Å²) in [4.78, 5) is 13.1. The summed E-state index contributed by atoms with van der Waals surface area (Å²) in [5.41, 5.74) is 0.322. The Bertz CT molecular complexity index is 1090. The Balaban J connectivity index is 2.23. The van der Waals surface area contributed by atoms with Crippen LogP contribution in [0.1, 0.15) is 26.3 Å². The molecule has 6 heteroatoms. The van der Waals surface area contributed by atoms with E-state index in [4.69, 9.17) is 13.9 Å². The van der Waals surface area contributed by atoms with Crippen molar-refractivity contribution in [1.82, 2.24) is 0 Å². The Morgan fingerprint density at radius 1 is 1.24 bits per heavy atom. The maximum atomic E-state index is 13.1. The maximum Gasteiger partial charge on any atom is 0.204 e. The highest BCUT2D eigenvalue weighted by Crippen LogP contribution is 2.50. The van der Waals surface area contributed by atoms with E-state index in [1.165, 1.54) is 19.2 Å². The summed E-state index contributed by atoms with van der Waals surface area (Å²) in [5, 5.41) is 20.2. The number of methoxy groups -OCH3 is 1. The first kappa shape index (κ1) is 15.6. The second kappa shape index (κ2) is 4.81. The van der Waals surface area contributed by atoms with Crippen molar-refractivity contribution in [2.45, 2.75) is 32.3 Å². The average Bonchev–Trinajstić information content (AvgIpc) is 2.79. The van der Waals surface area contributed by atoms with Crippen LogP contribution >= 0.6 is 0 Å². The molecule has 3 aromatic rings. The number of rotatable bonds is 1. The number of fused-ring (bicyclic) bond motifs is 3. The van der Waals surface area contributed by atoms with E-state index in [-0.39, 0.29) is 39.2 Å². The van der Waals surface area contributed by atoms with Crippen molar-refractivity contribution >= 4 is 21.9 Å². The lowest BCUT2D eigenvalue weighted by atomic mass is 9.80. The summed E-state index contributed by atoms with van der Waals surface area (Å²) >= 11 is 0. The summed E-state index contributed by atoms with van der Waals surface area (Å²) in [5.74, 6) is 0.189. The van der Waals surface area contributed by atoms with E-state index in [2.05, 4.69) is 0 Å². The molecule has 0 amide bonds. The van der Waals surface area contributed by atoms with Gasteiger partial charge in [0, 0.05) is 17.0 Å². The molecule has 1 aliphatic rings. The van der Waals surface area contributed by atoms with Gasteiger partial charge in [-0.25, -0.2) is 0 Å². The molecular weight excluding hydrogens is 324 g/mol. The van der Waals surface area contributed by atoms with Crippen LogP contribution in [0, 0.1) is 0 Å². The first-order valence-electron chi connectivity index (χ1n) is 7.97. The highest BCUT2D eigenvalue weighted by atomic mass is 16.5. The van der Waals surface area contributed by atoms with Gasteiger partial charge in [0.2, 0.25) is 11.2 Å². The van der Waals surface area contributed by atoms with Crippen molar-refractivity contribution in [2.24, 2.45) is 0 Å². The molecule has 2 N–H and O–H groups in total. The fourth-order valence-corrected chi connectivity index (χ4v) is 3.44. The zero-order valence-corrected chi connectivity index (χ0v) is 14.3. The summed E-state index contributed by atoms with van der Waals surface area (Å²) < 4.78 is 17.3. The van der Waals surface area contributed by atoms with Crippen molar-refractivity contribution in [3.05, 3.63) is 34.0 Å². The van der Waals surface area contributed by atoms with Crippen molar-refractivity contribution in [2.75, 3.05) is 7.11 Å². The molecule has 0 radical (unpaired) electrons. The van der Waals surface area contributed by atoms with Gasteiger partial charge < -0.3 is 24.1 Å². The summed E-state index contributed by atoms with van der Waals surface area (Å²) in [6.45, 7) is 6.02. The van der Waals surface area contributed by atoms with Gasteiger partial charge in [0.1, 0.15) is 28.6 Å². The fourth-order valence-electron chi connectivity index (χ4n) is 3.44. The molecule has 25 heavy (non-hydrogen) atoms. The van der Waals surface area contributed by atoms with Gasteiger partial charge in [0.15, 0.2) is 11.3 Å². The van der Waals surface area contributed by atoms with Crippen LogP contribution < -0.4 is 14.9 Å². The minimum absolute atomic E-state index is 0.0650. The highest BCUT2D eigenvalue weighted by Gasteiger charge is 2.43. The van der Waals surface area contributed by atoms with E-state index >= 15 is 0 Å². The van der Waals surface area contributed by atoms with Crippen LogP contribution in [0.25, 0.3) is 21.9 Å². The SMILES string of the molecule is COc1c2c(cc3oc4c(O)c(O)ccc4c(=O)c13)O[C@@H](C)C2(C)C. The number of ether oxygens (including phenoxy) is 2. The molecule has 2 heterocycles. The first-order chi connectivity index (χ1) is 11.8. The van der Waals surface area contributed by atoms with Crippen molar-refractivity contribution < 1.29 is 24.1 Å². The Hall–Kier alpha value is -2.89. The van der Waals surface area contributed by atoms with E-state index in [1.807, 2.05) is 20.8 Å². The van der Waals surface area contributed by atoms with Gasteiger partial charge in [-0.15, -0.1) is 0 Å². The Labute approximate surface area is 143 Å². The molecule has 6 nitrogen and oxygen atoms in total. The standard InChI is InChI=1S/C19H18O6/c1-8-19(2,3)14-12(24-8)7-11-13(18(14)23-4)15(21)9-5-6-10(20)16(22)17(9)25-11/h5-8,20,22H,1-4H3/t8-/m0/s1. The third-order valence-electron chi connectivity index (χ3n) is 5.17. The van der Waals surface area contributed by atoms with Crippen LogP contribution in [-0.2, 0) is 5.41 Å². The van der Waals surface area contributed by atoms with Crippen molar-refractivity contribution in [3.8, 4) is 23.0 Å². The smallest absolute Gasteiger partial charge is 0.204 e. The predicted molar refractivity (Wildman–Crippen MR) is 93.0 cm³/mol. The first-order valence-corrected chi connectivity index (χ1v) is 7.97. The van der Waals surface area contributed by atoms with Gasteiger partial charge in [0.25, 0.3) is 0 Å². The van der Waals surface area contributed by atoms with E-state index in [0.717, 1.165) is 5.56 Å². The second-order valence-electron chi connectivity index (χ2n) is 6.88. The van der Waals surface area contributed by atoms with E-state index in [1.54, 1.807) is 6.07 Å². The largest absolute Gasteiger partial charge is 0.504 e. The number of benzene rings is 2. The van der Waals surface area contributed by atoms with Gasteiger partial charge in [-0.2, -0.15) is 0 Å². The zero-order chi connectivity index (χ0) is 18.1. The molecule has 4 rings (SSSR count). The van der Waals surface area contributed by atoms with Crippen LogP contribution in [0.5, 0.6) is 23.0 Å². The van der Waals surface area contributed by atoms with Gasteiger partial charge in [-0.3, -0.25) is 4.79 Å². The molecule has 0 bridgehead atoms. The van der Waals surface area contributed by atoms with Crippen LogP contribution in [0.15, 0.2) is 27.4 Å². The molecule has 0 unspecified atom stereocenters. The molecule has 0 aliphatic carbocycles. The quantitative estimate of drug-likeness (QED) is 0.520. The lowest BCUT2D eigenvalue weighted by molar-refractivity contribution is 0.185. The Morgan fingerprint density at radius 2 is 1.96 bits per heavy atom. The van der Waals surface area contributed by atoms with Gasteiger partial charge in [-0.1, -0.05) is 13.8 Å². The molecule has 0 saturated carbocycles. The van der Waals surface area contributed by atoms with E-state index in [9.17, 15) is 15.0 Å². The average molecular weight is 342 g/mol. The normalized spacial score (nSPS) is 18.3. The van der Waals surface area contributed by atoms with Gasteiger partial charge >= 0.3 is 0 Å². The van der Waals surface area contributed by atoms with Gasteiger partial charge in [-0.05, 0) is 19.1 Å². The molecule has 2 aromatic carbocycles. The lowest BCUT2D eigenvalue weighted by Crippen LogP contribution is -2.29. The summed E-state index contributed by atoms with van der Waals surface area (Å²) in [6.07, 6.45) is -0.102. The van der Waals surface area contributed by atoms with Crippen LogP contribution in [0.4, 0.5) is 0 Å². The number of hydrogen-bond acceptors (Lipinski definition) is 6. The molecular formula is C19H18O6. The van der Waals surface area contributed by atoms with Gasteiger partial charge in [0.05, 0.1) is 12.5 Å². The van der Waals surface area contributed by atoms with Crippen LogP contribution in [0.2, 0.25) is 0 Å². The van der Waals surface area contributed by atoms with E-state index in [0.29, 0.717) is 16.9 Å². The predicted octanol–water partition coefficient (Wildman–Crippen LogP) is 3.42. The monoisotopic (exact) mass is 342 g/mol. The molecule has 0 spiro atoms. The fraction of sp³-hybridized carbons (Fsp3) is 0.316. The molecule has 1 aliphatic heterocycles. The van der Waals surface area contributed by atoms with Crippen molar-refractivity contribution in [1.29, 1.82) is 0 Å². The summed E-state index contributed by atoms with van der Waals surface area (Å²) in [6, 6.07) is 4.32. The number of aromatic hydroxyl groups is 2. The third kappa shape index (κ3) is 1.88. The zero-order valence-electron chi connectivity index (χ0n) is 14.3. The highest BCUT2D eigenvalue weighted by molar-refractivity contribution is 5.98. The molecule has 1 atom stereocenters. The second-order valence-corrected chi connectivity index (χ2v) is 6.88. The maximum absolute atomic E-state index is 13.1. The minimum atomic E-state index is -0.467. The minimum Gasteiger partial charge on any atom is -0.504 e. The van der Waals surface area contributed by atoms with E-state index < -0.39 is 5.75 Å². The molecule has 130 valence electrons.